The molecule has 0 aromatic rings. The molecule has 0 aromatic heterocycles. The Morgan fingerprint density at radius 1 is 1.15 bits per heavy atom. The lowest BCUT2D eigenvalue weighted by atomic mass is 9.98. The average Bonchev–Trinajstić information content (AvgIpc) is 2.72. The summed E-state index contributed by atoms with van der Waals surface area (Å²) in [4.78, 5) is 13.4. The molecule has 1 saturated carbocycles. The molecule has 0 unspecified atom stereocenters. The van der Waals surface area contributed by atoms with Gasteiger partial charge in [-0.05, 0) is 36.3 Å². The zero-order valence-electron chi connectivity index (χ0n) is 7.71. The maximum atomic E-state index is 12.0. The first-order valence-corrected chi connectivity index (χ1v) is 6.26. The second-order valence-electron chi connectivity index (χ2n) is 4.30. The molecule has 70 valence electrons. The van der Waals surface area contributed by atoms with Gasteiger partial charge in [-0.2, -0.15) is 0 Å². The highest BCUT2D eigenvalue weighted by Gasteiger charge is 2.44. The largest absolute Gasteiger partial charge is 0.294 e. The summed E-state index contributed by atoms with van der Waals surface area (Å²) >= 11 is 1.97. The van der Waals surface area contributed by atoms with Gasteiger partial charge in [-0.1, -0.05) is 6.42 Å². The highest BCUT2D eigenvalue weighted by atomic mass is 32.2. The second kappa shape index (κ2) is 2.88. The van der Waals surface area contributed by atoms with Crippen LogP contribution >= 0.6 is 11.8 Å². The Balaban J connectivity index is 2.01. The predicted octanol–water partition coefficient (Wildman–Crippen LogP) is 2.77. The summed E-state index contributed by atoms with van der Waals surface area (Å²) in [5, 5.41) is 0. The molecule has 2 heteroatoms. The first-order chi connectivity index (χ1) is 6.38. The SMILES string of the molecule is O=C1C2=C(SCCC2)[C@@H]2CCC[C@H]12. The Labute approximate surface area is 83.0 Å². The Morgan fingerprint density at radius 2 is 2.00 bits per heavy atom. The molecule has 3 rings (SSSR count). The monoisotopic (exact) mass is 194 g/mol. The van der Waals surface area contributed by atoms with E-state index in [9.17, 15) is 4.79 Å². The minimum Gasteiger partial charge on any atom is -0.294 e. The minimum atomic E-state index is 0.413. The van der Waals surface area contributed by atoms with E-state index >= 15 is 0 Å². The zero-order chi connectivity index (χ0) is 8.84. The third-order valence-electron chi connectivity index (χ3n) is 3.61. The van der Waals surface area contributed by atoms with E-state index in [-0.39, 0.29) is 0 Å². The van der Waals surface area contributed by atoms with Crippen LogP contribution in [0.1, 0.15) is 32.1 Å². The van der Waals surface area contributed by atoms with Crippen LogP contribution in [0.3, 0.4) is 0 Å². The van der Waals surface area contributed by atoms with Gasteiger partial charge < -0.3 is 0 Å². The van der Waals surface area contributed by atoms with Gasteiger partial charge in [-0.25, -0.2) is 0 Å². The third-order valence-corrected chi connectivity index (χ3v) is 4.97. The van der Waals surface area contributed by atoms with Crippen molar-refractivity contribution in [3.63, 3.8) is 0 Å². The van der Waals surface area contributed by atoms with E-state index in [4.69, 9.17) is 0 Å². The van der Waals surface area contributed by atoms with Crippen LogP contribution in [-0.2, 0) is 4.79 Å². The molecule has 0 amide bonds. The molecular formula is C11H14OS. The first kappa shape index (κ1) is 8.10. The Hall–Kier alpha value is -0.240. The number of rotatable bonds is 0. The van der Waals surface area contributed by atoms with Gasteiger partial charge in [0.15, 0.2) is 5.78 Å². The van der Waals surface area contributed by atoms with Gasteiger partial charge in [0.05, 0.1) is 0 Å². The Bertz CT molecular complexity index is 292. The molecule has 1 aliphatic heterocycles. The summed E-state index contributed by atoms with van der Waals surface area (Å²) in [6.45, 7) is 0. The number of carbonyl (C=O) groups excluding carboxylic acids is 1. The van der Waals surface area contributed by atoms with Crippen molar-refractivity contribution in [1.29, 1.82) is 0 Å². The molecule has 0 radical (unpaired) electrons. The Morgan fingerprint density at radius 3 is 2.92 bits per heavy atom. The highest BCUT2D eigenvalue weighted by molar-refractivity contribution is 8.03. The van der Waals surface area contributed by atoms with Gasteiger partial charge in [-0.3, -0.25) is 4.79 Å². The third kappa shape index (κ3) is 1.04. The van der Waals surface area contributed by atoms with E-state index in [1.54, 1.807) is 0 Å². The topological polar surface area (TPSA) is 17.1 Å². The van der Waals surface area contributed by atoms with Crippen LogP contribution in [0.5, 0.6) is 0 Å². The van der Waals surface area contributed by atoms with Crippen molar-refractivity contribution in [2.45, 2.75) is 32.1 Å². The van der Waals surface area contributed by atoms with E-state index < -0.39 is 0 Å². The van der Waals surface area contributed by atoms with Crippen LogP contribution in [0.2, 0.25) is 0 Å². The molecule has 1 fully saturated rings. The molecule has 3 aliphatic rings. The maximum Gasteiger partial charge on any atom is 0.163 e. The zero-order valence-corrected chi connectivity index (χ0v) is 8.53. The van der Waals surface area contributed by atoms with Crippen LogP contribution in [0.25, 0.3) is 0 Å². The molecule has 1 heterocycles. The van der Waals surface area contributed by atoms with Gasteiger partial charge in [0, 0.05) is 17.4 Å². The fourth-order valence-corrected chi connectivity index (χ4v) is 4.41. The fraction of sp³-hybridized carbons (Fsp3) is 0.727. The molecule has 13 heavy (non-hydrogen) atoms. The Kier molecular flexibility index (Phi) is 1.79. The maximum absolute atomic E-state index is 12.0. The van der Waals surface area contributed by atoms with Crippen molar-refractivity contribution in [2.75, 3.05) is 5.75 Å². The quantitative estimate of drug-likeness (QED) is 0.590. The van der Waals surface area contributed by atoms with Crippen molar-refractivity contribution in [3.8, 4) is 0 Å². The minimum absolute atomic E-state index is 0.413. The van der Waals surface area contributed by atoms with E-state index in [1.807, 2.05) is 11.8 Å². The smallest absolute Gasteiger partial charge is 0.163 e. The summed E-state index contributed by atoms with van der Waals surface area (Å²) in [7, 11) is 0. The van der Waals surface area contributed by atoms with Crippen LogP contribution in [0.15, 0.2) is 10.5 Å². The lowest BCUT2D eigenvalue weighted by Crippen LogP contribution is -2.11. The molecule has 1 nitrogen and oxygen atoms in total. The number of allylic oxidation sites excluding steroid dienone is 2. The highest BCUT2D eigenvalue weighted by Crippen LogP contribution is 2.52. The number of ketones is 1. The molecule has 2 atom stereocenters. The predicted molar refractivity (Wildman–Crippen MR) is 54.6 cm³/mol. The van der Waals surface area contributed by atoms with Crippen LogP contribution in [0.4, 0.5) is 0 Å². The van der Waals surface area contributed by atoms with Gasteiger partial charge >= 0.3 is 0 Å². The number of Topliss-reactive ketones (excluding diaryl/α,β-unsaturated/α-hetero) is 1. The lowest BCUT2D eigenvalue weighted by Gasteiger charge is -2.16. The van der Waals surface area contributed by atoms with Crippen LogP contribution in [-0.4, -0.2) is 11.5 Å². The van der Waals surface area contributed by atoms with Gasteiger partial charge in [0.25, 0.3) is 0 Å². The van der Waals surface area contributed by atoms with Crippen molar-refractivity contribution in [3.05, 3.63) is 10.5 Å². The van der Waals surface area contributed by atoms with E-state index in [1.165, 1.54) is 35.5 Å². The summed E-state index contributed by atoms with van der Waals surface area (Å²) in [6.07, 6.45) is 6.01. The first-order valence-electron chi connectivity index (χ1n) is 5.28. The summed E-state index contributed by atoms with van der Waals surface area (Å²) in [6, 6.07) is 0. The van der Waals surface area contributed by atoms with Crippen LogP contribution in [0, 0.1) is 11.8 Å². The molecule has 2 aliphatic carbocycles. The van der Waals surface area contributed by atoms with E-state index in [2.05, 4.69) is 0 Å². The second-order valence-corrected chi connectivity index (χ2v) is 5.44. The van der Waals surface area contributed by atoms with Gasteiger partial charge in [-0.15, -0.1) is 11.8 Å². The molecule has 0 N–H and O–H groups in total. The van der Waals surface area contributed by atoms with Crippen molar-refractivity contribution >= 4 is 17.5 Å². The summed E-state index contributed by atoms with van der Waals surface area (Å²) < 4.78 is 0. The molecule has 0 bridgehead atoms. The molecule has 0 spiro atoms. The van der Waals surface area contributed by atoms with Gasteiger partial charge in [0.1, 0.15) is 0 Å². The number of fused-ring (bicyclic) bond motifs is 2. The number of carbonyl (C=O) groups is 1. The summed E-state index contributed by atoms with van der Waals surface area (Å²) in [5.74, 6) is 2.84. The average molecular weight is 194 g/mol. The molecular weight excluding hydrogens is 180 g/mol. The van der Waals surface area contributed by atoms with Crippen molar-refractivity contribution in [2.24, 2.45) is 11.8 Å². The van der Waals surface area contributed by atoms with Crippen molar-refractivity contribution < 1.29 is 4.79 Å². The summed E-state index contributed by atoms with van der Waals surface area (Å²) in [5.41, 5.74) is 1.23. The normalized spacial score (nSPS) is 38.0. The van der Waals surface area contributed by atoms with Crippen LogP contribution < -0.4 is 0 Å². The lowest BCUT2D eigenvalue weighted by molar-refractivity contribution is -0.118. The van der Waals surface area contributed by atoms with E-state index in [0.29, 0.717) is 17.6 Å². The van der Waals surface area contributed by atoms with Gasteiger partial charge in [0.2, 0.25) is 0 Å². The fourth-order valence-electron chi connectivity index (χ4n) is 3.03. The number of hydrogen-bond acceptors (Lipinski definition) is 2. The van der Waals surface area contributed by atoms with Crippen molar-refractivity contribution in [1.82, 2.24) is 0 Å². The molecule has 0 aromatic carbocycles. The molecule has 0 saturated heterocycles. The standard InChI is InChI=1S/C11H14OS/c12-10-7-3-1-4-8(7)11-9(10)5-2-6-13-11/h7-8H,1-6H2/t7-,8+/m0/s1. The number of hydrogen-bond donors (Lipinski definition) is 0. The number of thioether (sulfide) groups is 1. The van der Waals surface area contributed by atoms with E-state index in [0.717, 1.165) is 12.8 Å².